The number of nitro benzene ring substituents is 1. The highest BCUT2D eigenvalue weighted by atomic mass is 79.9. The molecule has 16 heavy (non-hydrogen) atoms. The molecule has 0 amide bonds. The van der Waals surface area contributed by atoms with E-state index >= 15 is 0 Å². The summed E-state index contributed by atoms with van der Waals surface area (Å²) in [5.74, 6) is 0.631. The quantitative estimate of drug-likeness (QED) is 0.481. The van der Waals surface area contributed by atoms with E-state index in [0.29, 0.717) is 22.1 Å². The Morgan fingerprint density at radius 3 is 2.81 bits per heavy atom. The molecule has 0 N–H and O–H groups in total. The predicted octanol–water partition coefficient (Wildman–Crippen LogP) is 3.11. The summed E-state index contributed by atoms with van der Waals surface area (Å²) in [7, 11) is 0. The smallest absolute Gasteiger partial charge is 0.271 e. The number of fused-ring (bicyclic) bond motifs is 1. The lowest BCUT2D eigenvalue weighted by molar-refractivity contribution is -0.384. The Balaban J connectivity index is 2.77. The van der Waals surface area contributed by atoms with Crippen LogP contribution in [0, 0.1) is 21.4 Å². The van der Waals surface area contributed by atoms with Gasteiger partial charge in [0.1, 0.15) is 17.4 Å². The van der Waals surface area contributed by atoms with Crippen LogP contribution in [-0.4, -0.2) is 4.92 Å². The zero-order valence-corrected chi connectivity index (χ0v) is 9.52. The summed E-state index contributed by atoms with van der Waals surface area (Å²) < 4.78 is 5.38. The Hall–Kier alpha value is -1.87. The van der Waals surface area contributed by atoms with Crippen LogP contribution in [-0.2, 0) is 5.33 Å². The van der Waals surface area contributed by atoms with Crippen LogP contribution >= 0.6 is 15.9 Å². The van der Waals surface area contributed by atoms with Crippen molar-refractivity contribution in [1.29, 1.82) is 5.26 Å². The van der Waals surface area contributed by atoms with E-state index in [1.165, 1.54) is 12.1 Å². The average molecular weight is 281 g/mol. The maximum absolute atomic E-state index is 10.6. The number of benzene rings is 1. The summed E-state index contributed by atoms with van der Waals surface area (Å²) in [5.41, 5.74) is 0.463. The van der Waals surface area contributed by atoms with Crippen LogP contribution in [0.4, 0.5) is 5.69 Å². The largest absolute Gasteiger partial charge is 0.459 e. The van der Waals surface area contributed by atoms with Crippen LogP contribution < -0.4 is 0 Å². The van der Waals surface area contributed by atoms with Gasteiger partial charge in [0.25, 0.3) is 5.69 Å². The van der Waals surface area contributed by atoms with Crippen LogP contribution in [0.1, 0.15) is 11.3 Å². The second-order valence-electron chi connectivity index (χ2n) is 3.13. The maximum atomic E-state index is 10.6. The highest BCUT2D eigenvalue weighted by Gasteiger charge is 2.15. The molecule has 0 atom stereocenters. The van der Waals surface area contributed by atoms with Crippen LogP contribution in [0.5, 0.6) is 0 Å². The molecular formula is C10H5BrN2O3. The molecule has 1 aromatic heterocycles. The van der Waals surface area contributed by atoms with E-state index in [1.54, 1.807) is 6.07 Å². The minimum atomic E-state index is -0.527. The van der Waals surface area contributed by atoms with Crippen molar-refractivity contribution in [3.8, 4) is 6.07 Å². The molecule has 0 saturated carbocycles. The lowest BCUT2D eigenvalue weighted by Gasteiger charge is -1.93. The van der Waals surface area contributed by atoms with Crippen molar-refractivity contribution >= 4 is 32.6 Å². The lowest BCUT2D eigenvalue weighted by atomic mass is 10.1. The normalized spacial score (nSPS) is 10.2. The molecule has 6 heteroatoms. The first-order chi connectivity index (χ1) is 7.65. The zero-order chi connectivity index (χ0) is 11.7. The molecule has 0 saturated heterocycles. The van der Waals surface area contributed by atoms with Crippen molar-refractivity contribution in [3.05, 3.63) is 39.6 Å². The van der Waals surface area contributed by atoms with Gasteiger partial charge in [-0.25, -0.2) is 0 Å². The van der Waals surface area contributed by atoms with Gasteiger partial charge in [0.05, 0.1) is 10.3 Å². The Morgan fingerprint density at radius 1 is 1.50 bits per heavy atom. The number of furan rings is 1. The number of nitrogens with zero attached hydrogens (tertiary/aromatic N) is 2. The van der Waals surface area contributed by atoms with Gasteiger partial charge in [0.15, 0.2) is 5.58 Å². The number of hydrogen-bond donors (Lipinski definition) is 0. The monoisotopic (exact) mass is 280 g/mol. The number of rotatable bonds is 2. The molecule has 0 unspecified atom stereocenters. The van der Waals surface area contributed by atoms with E-state index in [9.17, 15) is 10.1 Å². The van der Waals surface area contributed by atoms with Crippen molar-refractivity contribution in [2.45, 2.75) is 5.33 Å². The fraction of sp³-hybridized carbons (Fsp3) is 0.100. The third kappa shape index (κ3) is 1.66. The van der Waals surface area contributed by atoms with E-state index in [4.69, 9.17) is 9.68 Å². The van der Waals surface area contributed by atoms with Gasteiger partial charge in [-0.1, -0.05) is 15.9 Å². The van der Waals surface area contributed by atoms with E-state index in [1.807, 2.05) is 6.07 Å². The summed E-state index contributed by atoms with van der Waals surface area (Å²) >= 11 is 3.22. The first kappa shape index (κ1) is 10.6. The SMILES string of the molecule is N#Cc1cc([N+](=O)[O-])cc2cc(CBr)oc12. The Labute approximate surface area is 98.6 Å². The van der Waals surface area contributed by atoms with E-state index in [-0.39, 0.29) is 11.3 Å². The third-order valence-corrected chi connectivity index (χ3v) is 2.67. The molecule has 1 aromatic carbocycles. The van der Waals surface area contributed by atoms with E-state index in [0.717, 1.165) is 0 Å². The minimum absolute atomic E-state index is 0.106. The summed E-state index contributed by atoms with van der Waals surface area (Å²) in [6, 6.07) is 6.17. The van der Waals surface area contributed by atoms with Crippen LogP contribution in [0.3, 0.4) is 0 Å². The molecule has 5 nitrogen and oxygen atoms in total. The Kier molecular flexibility index (Phi) is 2.62. The fourth-order valence-electron chi connectivity index (χ4n) is 1.44. The molecule has 0 aliphatic carbocycles. The van der Waals surface area contributed by atoms with E-state index < -0.39 is 4.92 Å². The molecule has 1 heterocycles. The first-order valence-corrected chi connectivity index (χ1v) is 5.44. The maximum Gasteiger partial charge on any atom is 0.271 e. The molecule has 0 bridgehead atoms. The van der Waals surface area contributed by atoms with Gasteiger partial charge in [-0.3, -0.25) is 10.1 Å². The number of nitro groups is 1. The van der Waals surface area contributed by atoms with Crippen LogP contribution in [0.25, 0.3) is 11.0 Å². The topological polar surface area (TPSA) is 80.1 Å². The number of halogens is 1. The predicted molar refractivity (Wildman–Crippen MR) is 60.2 cm³/mol. The van der Waals surface area contributed by atoms with Gasteiger partial charge in [-0.2, -0.15) is 5.26 Å². The van der Waals surface area contributed by atoms with Crippen molar-refractivity contribution < 1.29 is 9.34 Å². The third-order valence-electron chi connectivity index (χ3n) is 2.12. The van der Waals surface area contributed by atoms with E-state index in [2.05, 4.69) is 15.9 Å². The summed E-state index contributed by atoms with van der Waals surface area (Å²) in [5, 5.41) is 20.6. The fourth-order valence-corrected chi connectivity index (χ4v) is 1.72. The highest BCUT2D eigenvalue weighted by molar-refractivity contribution is 9.08. The second-order valence-corrected chi connectivity index (χ2v) is 3.69. The van der Waals surface area contributed by atoms with Crippen molar-refractivity contribution in [3.63, 3.8) is 0 Å². The molecule has 0 spiro atoms. The van der Waals surface area contributed by atoms with Gasteiger partial charge in [-0.05, 0) is 6.07 Å². The molecule has 2 aromatic rings. The number of non-ortho nitro benzene ring substituents is 1. The van der Waals surface area contributed by atoms with Gasteiger partial charge in [0, 0.05) is 17.5 Å². The van der Waals surface area contributed by atoms with Crippen molar-refractivity contribution in [1.82, 2.24) is 0 Å². The second kappa shape index (κ2) is 3.94. The average Bonchev–Trinajstić information content (AvgIpc) is 2.70. The summed E-state index contributed by atoms with van der Waals surface area (Å²) in [6.45, 7) is 0. The van der Waals surface area contributed by atoms with Gasteiger partial charge in [-0.15, -0.1) is 0 Å². The molecule has 0 aliphatic rings. The minimum Gasteiger partial charge on any atom is -0.459 e. The molecule has 0 aliphatic heterocycles. The Bertz CT molecular complexity index is 612. The van der Waals surface area contributed by atoms with Crippen molar-refractivity contribution in [2.75, 3.05) is 0 Å². The van der Waals surface area contributed by atoms with Crippen LogP contribution in [0.2, 0.25) is 0 Å². The highest BCUT2D eigenvalue weighted by Crippen LogP contribution is 2.28. The van der Waals surface area contributed by atoms with Gasteiger partial charge < -0.3 is 4.42 Å². The first-order valence-electron chi connectivity index (χ1n) is 4.32. The number of nitriles is 1. The number of hydrogen-bond acceptors (Lipinski definition) is 4. The zero-order valence-electron chi connectivity index (χ0n) is 7.94. The Morgan fingerprint density at radius 2 is 2.25 bits per heavy atom. The molecule has 0 fully saturated rings. The number of alkyl halides is 1. The van der Waals surface area contributed by atoms with Gasteiger partial charge in [0.2, 0.25) is 0 Å². The molecular weight excluding hydrogens is 276 g/mol. The lowest BCUT2D eigenvalue weighted by Crippen LogP contribution is -1.88. The summed E-state index contributed by atoms with van der Waals surface area (Å²) in [4.78, 5) is 10.1. The molecule has 0 radical (unpaired) electrons. The molecule has 80 valence electrons. The standard InChI is InChI=1S/C10H5BrN2O3/c11-4-9-3-6-1-8(13(14)15)2-7(5-12)10(6)16-9/h1-3H,4H2. The molecule has 2 rings (SSSR count). The van der Waals surface area contributed by atoms with Gasteiger partial charge >= 0.3 is 0 Å². The van der Waals surface area contributed by atoms with Crippen LogP contribution in [0.15, 0.2) is 22.6 Å². The van der Waals surface area contributed by atoms with Crippen molar-refractivity contribution in [2.24, 2.45) is 0 Å². The summed E-state index contributed by atoms with van der Waals surface area (Å²) in [6.07, 6.45) is 0.